The summed E-state index contributed by atoms with van der Waals surface area (Å²) in [6, 6.07) is 9.48. The van der Waals surface area contributed by atoms with Crippen molar-refractivity contribution < 1.29 is 9.53 Å². The molecule has 0 aliphatic rings. The van der Waals surface area contributed by atoms with Gasteiger partial charge in [0.15, 0.2) is 5.69 Å². The molecule has 22 heavy (non-hydrogen) atoms. The maximum Gasteiger partial charge on any atom is 0.310 e. The monoisotopic (exact) mass is 298 g/mol. The summed E-state index contributed by atoms with van der Waals surface area (Å²) in [6.45, 7) is 2.09. The van der Waals surface area contributed by atoms with Crippen LogP contribution in [0.2, 0.25) is 0 Å². The molecule has 6 nitrogen and oxygen atoms in total. The molecule has 0 saturated heterocycles. The first kappa shape index (κ1) is 15.7. The van der Waals surface area contributed by atoms with Crippen LogP contribution in [0.1, 0.15) is 36.7 Å². The van der Waals surface area contributed by atoms with Crippen molar-refractivity contribution in [3.8, 4) is 11.8 Å². The van der Waals surface area contributed by atoms with Crippen LogP contribution >= 0.6 is 0 Å². The maximum atomic E-state index is 11.5. The van der Waals surface area contributed by atoms with Crippen molar-refractivity contribution in [2.45, 2.75) is 32.6 Å². The van der Waals surface area contributed by atoms with Crippen LogP contribution in [-0.4, -0.2) is 28.1 Å². The number of carbonyl (C=O) groups excluding carboxylic acids is 1. The highest BCUT2D eigenvalue weighted by Gasteiger charge is 2.17. The van der Waals surface area contributed by atoms with Crippen molar-refractivity contribution in [3.63, 3.8) is 0 Å². The molecule has 0 spiro atoms. The van der Waals surface area contributed by atoms with E-state index in [0.29, 0.717) is 17.1 Å². The van der Waals surface area contributed by atoms with Gasteiger partial charge in [0, 0.05) is 0 Å². The zero-order valence-corrected chi connectivity index (χ0v) is 12.7. The van der Waals surface area contributed by atoms with E-state index in [1.54, 1.807) is 0 Å². The van der Waals surface area contributed by atoms with Gasteiger partial charge < -0.3 is 4.74 Å². The number of aryl methyl sites for hydroxylation is 1. The van der Waals surface area contributed by atoms with E-state index in [1.807, 2.05) is 24.3 Å². The van der Waals surface area contributed by atoms with Gasteiger partial charge in [-0.15, -0.1) is 5.10 Å². The molecule has 1 aromatic heterocycles. The van der Waals surface area contributed by atoms with Gasteiger partial charge in [0.2, 0.25) is 0 Å². The van der Waals surface area contributed by atoms with E-state index in [-0.39, 0.29) is 12.4 Å². The van der Waals surface area contributed by atoms with Gasteiger partial charge in [-0.3, -0.25) is 4.79 Å². The highest BCUT2D eigenvalue weighted by molar-refractivity contribution is 5.74. The minimum atomic E-state index is -0.336. The fourth-order valence-electron chi connectivity index (χ4n) is 2.20. The molecule has 0 unspecified atom stereocenters. The number of methoxy groups -OCH3 is 1. The van der Waals surface area contributed by atoms with Crippen LogP contribution < -0.4 is 0 Å². The van der Waals surface area contributed by atoms with E-state index in [0.717, 1.165) is 24.8 Å². The average molecular weight is 298 g/mol. The van der Waals surface area contributed by atoms with Crippen LogP contribution in [0.4, 0.5) is 0 Å². The third-order valence-corrected chi connectivity index (χ3v) is 3.40. The van der Waals surface area contributed by atoms with E-state index in [9.17, 15) is 10.1 Å². The summed E-state index contributed by atoms with van der Waals surface area (Å²) in [7, 11) is 1.35. The zero-order valence-electron chi connectivity index (χ0n) is 12.7. The molecule has 6 heteroatoms. The van der Waals surface area contributed by atoms with Gasteiger partial charge in [-0.25, -0.2) is 4.68 Å². The van der Waals surface area contributed by atoms with Gasteiger partial charge in [-0.2, -0.15) is 5.26 Å². The minimum Gasteiger partial charge on any atom is -0.469 e. The molecular formula is C16H18N4O2. The molecule has 1 heterocycles. The van der Waals surface area contributed by atoms with Crippen LogP contribution in [0, 0.1) is 11.3 Å². The van der Waals surface area contributed by atoms with Gasteiger partial charge in [0.25, 0.3) is 0 Å². The first-order valence-corrected chi connectivity index (χ1v) is 7.21. The van der Waals surface area contributed by atoms with Crippen LogP contribution in [0.3, 0.4) is 0 Å². The van der Waals surface area contributed by atoms with E-state index in [1.165, 1.54) is 11.8 Å². The predicted octanol–water partition coefficient (Wildman–Crippen LogP) is 2.20. The van der Waals surface area contributed by atoms with E-state index in [4.69, 9.17) is 4.74 Å². The number of nitrogens with zero attached hydrogens (tertiary/aromatic N) is 4. The first-order valence-electron chi connectivity index (χ1n) is 7.21. The van der Waals surface area contributed by atoms with Crippen LogP contribution in [0.5, 0.6) is 0 Å². The van der Waals surface area contributed by atoms with Gasteiger partial charge in [-0.05, 0) is 24.5 Å². The lowest BCUT2D eigenvalue weighted by Gasteiger charge is -2.08. The summed E-state index contributed by atoms with van der Waals surface area (Å²) in [5.74, 6) is -0.336. The highest BCUT2D eigenvalue weighted by Crippen LogP contribution is 2.19. The maximum absolute atomic E-state index is 11.5. The van der Waals surface area contributed by atoms with Crippen molar-refractivity contribution in [2.75, 3.05) is 7.11 Å². The van der Waals surface area contributed by atoms with Crippen molar-refractivity contribution >= 4 is 5.97 Å². The molecular weight excluding hydrogens is 280 g/mol. The predicted molar refractivity (Wildman–Crippen MR) is 80.4 cm³/mol. The lowest BCUT2D eigenvalue weighted by molar-refractivity contribution is -0.139. The SMILES string of the molecule is CCCCc1nnn(-c2ccccc2CC(=O)OC)c1C#N. The van der Waals surface area contributed by atoms with Crippen molar-refractivity contribution in [3.05, 3.63) is 41.2 Å². The summed E-state index contributed by atoms with van der Waals surface area (Å²) in [6.07, 6.45) is 2.83. The number of esters is 1. The standard InChI is InChI=1S/C16H18N4O2/c1-3-4-8-13-15(11-17)20(19-18-13)14-9-6-5-7-12(14)10-16(21)22-2/h5-7,9H,3-4,8,10H2,1-2H3. The van der Waals surface area contributed by atoms with Crippen molar-refractivity contribution in [1.82, 2.24) is 15.0 Å². The van der Waals surface area contributed by atoms with Crippen LogP contribution in [0.15, 0.2) is 24.3 Å². The lowest BCUT2D eigenvalue weighted by atomic mass is 10.1. The lowest BCUT2D eigenvalue weighted by Crippen LogP contribution is -2.10. The molecule has 0 aliphatic carbocycles. The van der Waals surface area contributed by atoms with E-state index in [2.05, 4.69) is 23.3 Å². The van der Waals surface area contributed by atoms with Gasteiger partial charge >= 0.3 is 5.97 Å². The van der Waals surface area contributed by atoms with E-state index < -0.39 is 0 Å². The normalized spacial score (nSPS) is 10.2. The van der Waals surface area contributed by atoms with E-state index >= 15 is 0 Å². The van der Waals surface area contributed by atoms with Crippen LogP contribution in [0.25, 0.3) is 5.69 Å². The van der Waals surface area contributed by atoms with Crippen molar-refractivity contribution in [2.24, 2.45) is 0 Å². The minimum absolute atomic E-state index is 0.127. The van der Waals surface area contributed by atoms with Gasteiger partial charge in [-0.1, -0.05) is 36.8 Å². The molecule has 2 rings (SSSR count). The molecule has 0 aliphatic heterocycles. The number of hydrogen-bond donors (Lipinski definition) is 0. The summed E-state index contributed by atoms with van der Waals surface area (Å²) in [5.41, 5.74) is 2.54. The Morgan fingerprint density at radius 3 is 2.86 bits per heavy atom. The number of rotatable bonds is 6. The molecule has 0 fully saturated rings. The van der Waals surface area contributed by atoms with Crippen molar-refractivity contribution in [1.29, 1.82) is 5.26 Å². The Labute approximate surface area is 129 Å². The Morgan fingerprint density at radius 2 is 2.18 bits per heavy atom. The number of aromatic nitrogens is 3. The smallest absolute Gasteiger partial charge is 0.310 e. The second kappa shape index (κ2) is 7.36. The number of carbonyl (C=O) groups is 1. The quantitative estimate of drug-likeness (QED) is 0.764. The number of para-hydroxylation sites is 1. The second-order valence-electron chi connectivity index (χ2n) is 4.89. The van der Waals surface area contributed by atoms with Gasteiger partial charge in [0.05, 0.1) is 19.2 Å². The fourth-order valence-corrected chi connectivity index (χ4v) is 2.20. The average Bonchev–Trinajstić information content (AvgIpc) is 2.95. The molecule has 0 bridgehead atoms. The molecule has 0 radical (unpaired) electrons. The molecule has 0 N–H and O–H groups in total. The molecule has 0 amide bonds. The third kappa shape index (κ3) is 3.31. The summed E-state index contributed by atoms with van der Waals surface area (Å²) >= 11 is 0. The van der Waals surface area contributed by atoms with Crippen LogP contribution in [-0.2, 0) is 22.4 Å². The highest BCUT2D eigenvalue weighted by atomic mass is 16.5. The molecule has 0 atom stereocenters. The Balaban J connectivity index is 2.42. The Kier molecular flexibility index (Phi) is 5.26. The zero-order chi connectivity index (χ0) is 15.9. The summed E-state index contributed by atoms with van der Waals surface area (Å²) in [4.78, 5) is 11.5. The molecule has 0 saturated carbocycles. The number of hydrogen-bond acceptors (Lipinski definition) is 5. The molecule has 1 aromatic carbocycles. The summed E-state index contributed by atoms with van der Waals surface area (Å²) in [5, 5.41) is 17.6. The largest absolute Gasteiger partial charge is 0.469 e. The third-order valence-electron chi connectivity index (χ3n) is 3.40. The second-order valence-corrected chi connectivity index (χ2v) is 4.89. The number of nitriles is 1. The molecule has 114 valence electrons. The summed E-state index contributed by atoms with van der Waals surface area (Å²) < 4.78 is 6.21. The number of benzene rings is 1. The Bertz CT molecular complexity index is 700. The Morgan fingerprint density at radius 1 is 1.41 bits per heavy atom. The number of unbranched alkanes of at least 4 members (excludes halogenated alkanes) is 1. The van der Waals surface area contributed by atoms with Gasteiger partial charge in [0.1, 0.15) is 11.8 Å². The number of ether oxygens (including phenoxy) is 1. The first-order chi connectivity index (χ1) is 10.7. The fraction of sp³-hybridized carbons (Fsp3) is 0.375. The Hall–Kier alpha value is -2.68. The molecule has 2 aromatic rings. The topological polar surface area (TPSA) is 80.8 Å².